The largest absolute Gasteiger partial charge is 0.220 e. The lowest BCUT2D eigenvalue weighted by molar-refractivity contribution is 0.830. The van der Waals surface area contributed by atoms with Crippen molar-refractivity contribution in [1.29, 1.82) is 0 Å². The molecule has 0 unspecified atom stereocenters. The minimum absolute atomic E-state index is 0.175. The van der Waals surface area contributed by atoms with E-state index in [1.165, 1.54) is 0 Å². The van der Waals surface area contributed by atoms with E-state index in [2.05, 4.69) is 9.97 Å². The van der Waals surface area contributed by atoms with Gasteiger partial charge in [0.25, 0.3) is 0 Å². The number of hydrogen-bond donors (Lipinski definition) is 0. The molecule has 0 amide bonds. The summed E-state index contributed by atoms with van der Waals surface area (Å²) in [5.41, 5.74) is 1.72. The van der Waals surface area contributed by atoms with Crippen LogP contribution in [0.25, 0.3) is 0 Å². The summed E-state index contributed by atoms with van der Waals surface area (Å²) >= 11 is 24.2. The van der Waals surface area contributed by atoms with E-state index in [1.807, 2.05) is 19.9 Å². The molecular weight excluding hydrogens is 338 g/mol. The van der Waals surface area contributed by atoms with Gasteiger partial charge in [-0.25, -0.2) is 9.97 Å². The highest BCUT2D eigenvalue weighted by Gasteiger charge is 2.15. The summed E-state index contributed by atoms with van der Waals surface area (Å²) in [6.07, 6.45) is 0.495. The topological polar surface area (TPSA) is 25.8 Å². The third-order valence-electron chi connectivity index (χ3n) is 2.82. The Bertz CT molecular complexity index is 618. The Hall–Kier alpha value is -0.540. The second-order valence-electron chi connectivity index (χ2n) is 4.72. The van der Waals surface area contributed by atoms with Crippen molar-refractivity contribution < 1.29 is 0 Å². The molecule has 0 bridgehead atoms. The number of hydrogen-bond acceptors (Lipinski definition) is 2. The molecule has 1 aromatic carbocycles. The van der Waals surface area contributed by atoms with Crippen LogP contribution in [0.3, 0.4) is 0 Å². The average molecular weight is 350 g/mol. The Morgan fingerprint density at radius 2 is 1.55 bits per heavy atom. The molecule has 2 rings (SSSR count). The van der Waals surface area contributed by atoms with Crippen molar-refractivity contribution >= 4 is 46.4 Å². The predicted octanol–water partition coefficient (Wildman–Crippen LogP) is 5.80. The first-order valence-electron chi connectivity index (χ1n) is 6.04. The summed E-state index contributed by atoms with van der Waals surface area (Å²) in [5, 5.41) is 1.81. The Balaban J connectivity index is 2.32. The first-order valence-corrected chi connectivity index (χ1v) is 7.55. The van der Waals surface area contributed by atoms with Crippen LogP contribution in [-0.4, -0.2) is 9.97 Å². The average Bonchev–Trinajstić information content (AvgIpc) is 2.32. The Morgan fingerprint density at radius 1 is 0.950 bits per heavy atom. The highest BCUT2D eigenvalue weighted by atomic mass is 35.5. The summed E-state index contributed by atoms with van der Waals surface area (Å²) in [6, 6.07) is 5.39. The van der Waals surface area contributed by atoms with E-state index in [0.29, 0.717) is 32.6 Å². The fraction of sp³-hybridized carbons (Fsp3) is 0.286. The predicted molar refractivity (Wildman–Crippen MR) is 85.4 cm³/mol. The van der Waals surface area contributed by atoms with Crippen LogP contribution in [0.4, 0.5) is 0 Å². The van der Waals surface area contributed by atoms with Gasteiger partial charge in [0.15, 0.2) is 0 Å². The van der Waals surface area contributed by atoms with E-state index in [9.17, 15) is 0 Å². The summed E-state index contributed by atoms with van der Waals surface area (Å²) in [4.78, 5) is 8.59. The molecule has 0 aliphatic heterocycles. The molecule has 0 saturated heterocycles. The summed E-state index contributed by atoms with van der Waals surface area (Å²) in [7, 11) is 0. The Labute approximate surface area is 138 Å². The molecule has 0 radical (unpaired) electrons. The number of aromatic nitrogens is 2. The first-order chi connectivity index (χ1) is 9.38. The van der Waals surface area contributed by atoms with Gasteiger partial charge >= 0.3 is 0 Å². The number of nitrogens with zero attached hydrogens (tertiary/aromatic N) is 2. The zero-order chi connectivity index (χ0) is 14.9. The maximum atomic E-state index is 6.17. The van der Waals surface area contributed by atoms with E-state index in [4.69, 9.17) is 46.4 Å². The number of halogens is 4. The second kappa shape index (κ2) is 6.48. The van der Waals surface area contributed by atoms with Crippen LogP contribution >= 0.6 is 46.4 Å². The van der Waals surface area contributed by atoms with Gasteiger partial charge in [-0.05, 0) is 23.6 Å². The van der Waals surface area contributed by atoms with E-state index in [-0.39, 0.29) is 5.92 Å². The minimum Gasteiger partial charge on any atom is -0.220 e. The zero-order valence-corrected chi connectivity index (χ0v) is 13.9. The smallest absolute Gasteiger partial charge is 0.137 e. The van der Waals surface area contributed by atoms with Crippen molar-refractivity contribution in [3.8, 4) is 0 Å². The van der Waals surface area contributed by atoms with Crippen LogP contribution < -0.4 is 0 Å². The lowest BCUT2D eigenvalue weighted by Crippen LogP contribution is -2.03. The van der Waals surface area contributed by atoms with Crippen LogP contribution in [-0.2, 0) is 6.42 Å². The van der Waals surface area contributed by atoms with E-state index in [1.54, 1.807) is 12.1 Å². The van der Waals surface area contributed by atoms with Crippen LogP contribution in [0.15, 0.2) is 18.2 Å². The fourth-order valence-corrected chi connectivity index (χ4v) is 3.02. The van der Waals surface area contributed by atoms with Gasteiger partial charge in [0.1, 0.15) is 16.1 Å². The van der Waals surface area contributed by atoms with Gasteiger partial charge < -0.3 is 0 Å². The molecule has 20 heavy (non-hydrogen) atoms. The molecule has 0 fully saturated rings. The SMILES string of the molecule is CC(C)c1c(Cl)nc(Cc2ccc(Cl)c(Cl)c2)nc1Cl. The minimum atomic E-state index is 0.175. The van der Waals surface area contributed by atoms with Gasteiger partial charge in [-0.3, -0.25) is 0 Å². The molecule has 106 valence electrons. The van der Waals surface area contributed by atoms with Gasteiger partial charge in [-0.2, -0.15) is 0 Å². The number of benzene rings is 1. The van der Waals surface area contributed by atoms with Gasteiger partial charge in [-0.1, -0.05) is 66.3 Å². The molecule has 0 N–H and O–H groups in total. The third kappa shape index (κ3) is 3.56. The highest BCUT2D eigenvalue weighted by Crippen LogP contribution is 2.29. The van der Waals surface area contributed by atoms with Crippen molar-refractivity contribution in [2.24, 2.45) is 0 Å². The van der Waals surface area contributed by atoms with Crippen LogP contribution in [0.1, 0.15) is 36.7 Å². The maximum Gasteiger partial charge on any atom is 0.137 e. The van der Waals surface area contributed by atoms with Crippen LogP contribution in [0, 0.1) is 0 Å². The quantitative estimate of drug-likeness (QED) is 0.654. The highest BCUT2D eigenvalue weighted by molar-refractivity contribution is 6.42. The summed E-state index contributed by atoms with van der Waals surface area (Å²) in [5.74, 6) is 0.733. The van der Waals surface area contributed by atoms with Crippen molar-refractivity contribution in [1.82, 2.24) is 9.97 Å². The molecule has 0 aliphatic rings. The molecular formula is C14H12Cl4N2. The lowest BCUT2D eigenvalue weighted by atomic mass is 10.1. The van der Waals surface area contributed by atoms with E-state index in [0.717, 1.165) is 11.1 Å². The van der Waals surface area contributed by atoms with Gasteiger partial charge in [0.2, 0.25) is 0 Å². The molecule has 0 aliphatic carbocycles. The molecule has 6 heteroatoms. The van der Waals surface area contributed by atoms with Crippen molar-refractivity contribution in [3.63, 3.8) is 0 Å². The van der Waals surface area contributed by atoms with Crippen molar-refractivity contribution in [2.45, 2.75) is 26.2 Å². The molecule has 0 atom stereocenters. The van der Waals surface area contributed by atoms with Gasteiger partial charge in [0.05, 0.1) is 10.0 Å². The molecule has 1 aromatic heterocycles. The maximum absolute atomic E-state index is 6.17. The van der Waals surface area contributed by atoms with Crippen molar-refractivity contribution in [2.75, 3.05) is 0 Å². The Kier molecular flexibility index (Phi) is 5.14. The molecule has 2 nitrogen and oxygen atoms in total. The van der Waals surface area contributed by atoms with Crippen molar-refractivity contribution in [3.05, 3.63) is 55.5 Å². The lowest BCUT2D eigenvalue weighted by Gasteiger charge is -2.11. The van der Waals surface area contributed by atoms with E-state index >= 15 is 0 Å². The van der Waals surface area contributed by atoms with Gasteiger partial charge in [-0.15, -0.1) is 0 Å². The standard InChI is InChI=1S/C14H12Cl4N2/c1-7(2)12-13(17)19-11(20-14(12)18)6-8-3-4-9(15)10(16)5-8/h3-5,7H,6H2,1-2H3. The monoisotopic (exact) mass is 348 g/mol. The summed E-state index contributed by atoms with van der Waals surface area (Å²) in [6.45, 7) is 3.99. The normalized spacial score (nSPS) is 11.2. The van der Waals surface area contributed by atoms with Crippen LogP contribution in [0.2, 0.25) is 20.4 Å². The van der Waals surface area contributed by atoms with E-state index < -0.39 is 0 Å². The molecule has 2 aromatic rings. The third-order valence-corrected chi connectivity index (χ3v) is 4.14. The Morgan fingerprint density at radius 3 is 2.05 bits per heavy atom. The number of rotatable bonds is 3. The molecule has 0 saturated carbocycles. The molecule has 0 spiro atoms. The zero-order valence-electron chi connectivity index (χ0n) is 10.9. The first kappa shape index (κ1) is 15.8. The second-order valence-corrected chi connectivity index (χ2v) is 6.25. The fourth-order valence-electron chi connectivity index (χ4n) is 1.84. The van der Waals surface area contributed by atoms with Gasteiger partial charge in [0, 0.05) is 12.0 Å². The molecule has 1 heterocycles. The summed E-state index contributed by atoms with van der Waals surface area (Å²) < 4.78 is 0. The van der Waals surface area contributed by atoms with Crippen LogP contribution in [0.5, 0.6) is 0 Å².